The molecule has 4 rings (SSSR count). The van der Waals surface area contributed by atoms with Crippen LogP contribution in [0.5, 0.6) is 11.5 Å². The van der Waals surface area contributed by atoms with Crippen molar-refractivity contribution in [1.82, 2.24) is 10.3 Å². The molecule has 28 heavy (non-hydrogen) atoms. The van der Waals surface area contributed by atoms with Gasteiger partial charge in [0.05, 0.1) is 6.04 Å². The predicted molar refractivity (Wildman–Crippen MR) is 103 cm³/mol. The minimum Gasteiger partial charge on any atom is -0.486 e. The van der Waals surface area contributed by atoms with E-state index < -0.39 is 5.97 Å². The Hall–Kier alpha value is -3.48. The van der Waals surface area contributed by atoms with Crippen LogP contribution in [-0.4, -0.2) is 36.7 Å². The summed E-state index contributed by atoms with van der Waals surface area (Å²) in [6.45, 7) is 2.52. The Bertz CT molecular complexity index is 994. The first-order valence-corrected chi connectivity index (χ1v) is 9.04. The summed E-state index contributed by atoms with van der Waals surface area (Å²) in [6, 6.07) is 14.5. The Labute approximate surface area is 161 Å². The second-order valence-electron chi connectivity index (χ2n) is 6.54. The van der Waals surface area contributed by atoms with Gasteiger partial charge in [-0.2, -0.15) is 0 Å². The number of aromatic amines is 1. The molecular weight excluding hydrogens is 360 g/mol. The molecule has 0 spiro atoms. The van der Waals surface area contributed by atoms with Crippen molar-refractivity contribution < 1.29 is 23.8 Å². The number of nitrogens with one attached hydrogen (secondary N) is 2. The van der Waals surface area contributed by atoms with E-state index in [4.69, 9.17) is 14.2 Å². The van der Waals surface area contributed by atoms with Crippen LogP contribution in [0.2, 0.25) is 0 Å². The molecule has 0 radical (unpaired) electrons. The molecule has 1 aliphatic heterocycles. The second-order valence-corrected chi connectivity index (χ2v) is 6.54. The number of amides is 1. The predicted octanol–water partition coefficient (Wildman–Crippen LogP) is 2.97. The molecule has 1 amide bonds. The van der Waals surface area contributed by atoms with Gasteiger partial charge in [0.25, 0.3) is 5.91 Å². The summed E-state index contributed by atoms with van der Waals surface area (Å²) < 4.78 is 16.2. The van der Waals surface area contributed by atoms with E-state index in [2.05, 4.69) is 10.3 Å². The highest BCUT2D eigenvalue weighted by molar-refractivity contribution is 5.95. The van der Waals surface area contributed by atoms with Crippen LogP contribution in [0.3, 0.4) is 0 Å². The maximum atomic E-state index is 12.2. The zero-order valence-corrected chi connectivity index (χ0v) is 15.4. The lowest BCUT2D eigenvalue weighted by atomic mass is 10.1. The molecule has 144 valence electrons. The lowest BCUT2D eigenvalue weighted by Crippen LogP contribution is -2.31. The molecule has 7 nitrogen and oxygen atoms in total. The standard InChI is InChI=1S/C21H20N2O5/c1-13(14-6-7-18-19(11-14)27-9-8-26-18)22-20(24)12-28-21(25)17-10-15-4-2-3-5-16(15)23-17/h2-7,10-11,13,23H,8-9,12H2,1H3,(H,22,24)/t13-/m1/s1. The molecule has 2 N–H and O–H groups in total. The van der Waals surface area contributed by atoms with Crippen LogP contribution < -0.4 is 14.8 Å². The van der Waals surface area contributed by atoms with Gasteiger partial charge in [0.1, 0.15) is 18.9 Å². The zero-order chi connectivity index (χ0) is 19.5. The lowest BCUT2D eigenvalue weighted by Gasteiger charge is -2.21. The number of carbonyl (C=O) groups is 2. The van der Waals surface area contributed by atoms with Gasteiger partial charge in [0, 0.05) is 10.9 Å². The third-order valence-electron chi connectivity index (χ3n) is 4.53. The summed E-state index contributed by atoms with van der Waals surface area (Å²) in [4.78, 5) is 27.3. The Morgan fingerprint density at radius 1 is 1.11 bits per heavy atom. The summed E-state index contributed by atoms with van der Waals surface area (Å²) in [5.41, 5.74) is 2.03. The van der Waals surface area contributed by atoms with Crippen LogP contribution in [0, 0.1) is 0 Å². The van der Waals surface area contributed by atoms with Crippen molar-refractivity contribution in [2.45, 2.75) is 13.0 Å². The average molecular weight is 380 g/mol. The molecule has 1 aromatic heterocycles. The molecule has 1 aliphatic rings. The first-order chi connectivity index (χ1) is 13.6. The third kappa shape index (κ3) is 3.78. The summed E-state index contributed by atoms with van der Waals surface area (Å²) in [5.74, 6) is 0.404. The number of para-hydroxylation sites is 1. The number of aromatic nitrogens is 1. The molecule has 0 bridgehead atoms. The van der Waals surface area contributed by atoms with Gasteiger partial charge in [-0.1, -0.05) is 24.3 Å². The van der Waals surface area contributed by atoms with E-state index in [9.17, 15) is 9.59 Å². The molecule has 0 saturated heterocycles. The van der Waals surface area contributed by atoms with Crippen molar-refractivity contribution in [1.29, 1.82) is 0 Å². The summed E-state index contributed by atoms with van der Waals surface area (Å²) in [6.07, 6.45) is 0. The van der Waals surface area contributed by atoms with Crippen LogP contribution in [0.15, 0.2) is 48.5 Å². The van der Waals surface area contributed by atoms with Crippen molar-refractivity contribution >= 4 is 22.8 Å². The zero-order valence-electron chi connectivity index (χ0n) is 15.4. The highest BCUT2D eigenvalue weighted by Crippen LogP contribution is 2.32. The number of ether oxygens (including phenoxy) is 3. The molecule has 1 atom stereocenters. The number of carbonyl (C=O) groups excluding carboxylic acids is 2. The average Bonchev–Trinajstić information content (AvgIpc) is 3.16. The number of benzene rings is 2. The number of H-pyrrole nitrogens is 1. The van der Waals surface area contributed by atoms with Crippen molar-refractivity contribution in [3.05, 3.63) is 59.8 Å². The normalized spacial score (nSPS) is 13.8. The van der Waals surface area contributed by atoms with E-state index in [-0.39, 0.29) is 18.6 Å². The Morgan fingerprint density at radius 3 is 2.71 bits per heavy atom. The van der Waals surface area contributed by atoms with Crippen molar-refractivity contribution in [3.8, 4) is 11.5 Å². The van der Waals surface area contributed by atoms with Crippen molar-refractivity contribution in [3.63, 3.8) is 0 Å². The van der Waals surface area contributed by atoms with Crippen LogP contribution in [0.25, 0.3) is 10.9 Å². The molecule has 2 aromatic carbocycles. The van der Waals surface area contributed by atoms with Gasteiger partial charge < -0.3 is 24.5 Å². The molecule has 0 fully saturated rings. The molecule has 2 heterocycles. The number of fused-ring (bicyclic) bond motifs is 2. The first kappa shape index (κ1) is 17.9. The van der Waals surface area contributed by atoms with Crippen LogP contribution in [0.1, 0.15) is 29.0 Å². The Balaban J connectivity index is 1.33. The summed E-state index contributed by atoms with van der Waals surface area (Å²) in [7, 11) is 0. The minimum absolute atomic E-state index is 0.268. The van der Waals surface area contributed by atoms with Crippen LogP contribution >= 0.6 is 0 Å². The largest absolute Gasteiger partial charge is 0.486 e. The van der Waals surface area contributed by atoms with Gasteiger partial charge >= 0.3 is 5.97 Å². The molecule has 0 aliphatic carbocycles. The van der Waals surface area contributed by atoms with E-state index in [1.54, 1.807) is 6.07 Å². The fraction of sp³-hybridized carbons (Fsp3) is 0.238. The highest BCUT2D eigenvalue weighted by Gasteiger charge is 2.17. The lowest BCUT2D eigenvalue weighted by molar-refractivity contribution is -0.124. The maximum Gasteiger partial charge on any atom is 0.355 e. The van der Waals surface area contributed by atoms with Gasteiger partial charge in [-0.15, -0.1) is 0 Å². The van der Waals surface area contributed by atoms with Gasteiger partial charge in [-0.3, -0.25) is 4.79 Å². The topological polar surface area (TPSA) is 89.7 Å². The fourth-order valence-electron chi connectivity index (χ4n) is 3.09. The van der Waals surface area contributed by atoms with Crippen molar-refractivity contribution in [2.75, 3.05) is 19.8 Å². The van der Waals surface area contributed by atoms with Gasteiger partial charge in [-0.25, -0.2) is 4.79 Å². The highest BCUT2D eigenvalue weighted by atomic mass is 16.6. The van der Waals surface area contributed by atoms with Gasteiger partial charge in [-0.05, 0) is 36.8 Å². The van der Waals surface area contributed by atoms with Gasteiger partial charge in [0.2, 0.25) is 0 Å². The number of esters is 1. The quantitative estimate of drug-likeness (QED) is 0.664. The van der Waals surface area contributed by atoms with E-state index in [0.29, 0.717) is 30.4 Å². The smallest absolute Gasteiger partial charge is 0.355 e. The number of hydrogen-bond donors (Lipinski definition) is 2. The Kier molecular flexibility index (Phi) is 4.89. The maximum absolute atomic E-state index is 12.2. The summed E-state index contributed by atoms with van der Waals surface area (Å²) >= 11 is 0. The minimum atomic E-state index is -0.571. The van der Waals surface area contributed by atoms with Gasteiger partial charge in [0.15, 0.2) is 18.1 Å². The monoisotopic (exact) mass is 380 g/mol. The van der Waals surface area contributed by atoms with Crippen LogP contribution in [0.4, 0.5) is 0 Å². The van der Waals surface area contributed by atoms with E-state index >= 15 is 0 Å². The Morgan fingerprint density at radius 2 is 1.89 bits per heavy atom. The SMILES string of the molecule is C[C@@H](NC(=O)COC(=O)c1cc2ccccc2[nH]1)c1ccc2c(c1)OCCO2. The van der Waals surface area contributed by atoms with E-state index in [0.717, 1.165) is 16.5 Å². The first-order valence-electron chi connectivity index (χ1n) is 9.04. The number of hydrogen-bond acceptors (Lipinski definition) is 5. The van der Waals surface area contributed by atoms with Crippen molar-refractivity contribution in [2.24, 2.45) is 0 Å². The third-order valence-corrected chi connectivity index (χ3v) is 4.53. The van der Waals surface area contributed by atoms with E-state index in [1.807, 2.05) is 49.4 Å². The molecule has 7 heteroatoms. The molecule has 3 aromatic rings. The molecular formula is C21H20N2O5. The summed E-state index contributed by atoms with van der Waals surface area (Å²) in [5, 5.41) is 3.72. The molecule has 0 unspecified atom stereocenters. The van der Waals surface area contributed by atoms with E-state index in [1.165, 1.54) is 0 Å². The number of rotatable bonds is 5. The van der Waals surface area contributed by atoms with Crippen LogP contribution in [-0.2, 0) is 9.53 Å². The second kappa shape index (κ2) is 7.64. The molecule has 0 saturated carbocycles. The fourth-order valence-corrected chi connectivity index (χ4v) is 3.09.